The topological polar surface area (TPSA) is 17.1 Å². The van der Waals surface area contributed by atoms with Crippen LogP contribution in [0.5, 0.6) is 0 Å². The summed E-state index contributed by atoms with van der Waals surface area (Å²) in [5.41, 5.74) is 0.390. The Labute approximate surface area is 115 Å². The van der Waals surface area contributed by atoms with Gasteiger partial charge < -0.3 is 0 Å². The zero-order chi connectivity index (χ0) is 14.7. The van der Waals surface area contributed by atoms with Crippen molar-refractivity contribution < 1.29 is 18.0 Å². The van der Waals surface area contributed by atoms with Gasteiger partial charge in [-0.25, -0.2) is 13.2 Å². The monoisotopic (exact) mass is 278 g/mol. The molecule has 2 rings (SSSR count). The molecule has 20 heavy (non-hydrogen) atoms. The third-order valence-corrected chi connectivity index (χ3v) is 2.96. The molecule has 0 bridgehead atoms. The lowest BCUT2D eigenvalue weighted by atomic mass is 9.99. The standard InChI is InChI=1S/C16H13F3O/c1-2-4-10-5-3-6-11(7-10)16(20)15-13(18)8-12(17)9-14(15)19/h3,5-9H,2,4H2,1H3. The van der Waals surface area contributed by atoms with Gasteiger partial charge in [-0.3, -0.25) is 4.79 Å². The number of hydrogen-bond acceptors (Lipinski definition) is 1. The van der Waals surface area contributed by atoms with E-state index in [1.54, 1.807) is 12.1 Å². The van der Waals surface area contributed by atoms with Crippen molar-refractivity contribution in [3.8, 4) is 0 Å². The van der Waals surface area contributed by atoms with Crippen LogP contribution in [0.25, 0.3) is 0 Å². The summed E-state index contributed by atoms with van der Waals surface area (Å²) in [5, 5.41) is 0. The van der Waals surface area contributed by atoms with Gasteiger partial charge >= 0.3 is 0 Å². The Bertz CT molecular complexity index is 627. The number of halogens is 3. The summed E-state index contributed by atoms with van der Waals surface area (Å²) in [6.45, 7) is 1.99. The van der Waals surface area contributed by atoms with Gasteiger partial charge in [-0.05, 0) is 18.1 Å². The SMILES string of the molecule is CCCc1cccc(C(=O)c2c(F)cc(F)cc2F)c1. The van der Waals surface area contributed by atoms with Crippen LogP contribution in [-0.4, -0.2) is 5.78 Å². The fourth-order valence-corrected chi connectivity index (χ4v) is 2.06. The van der Waals surface area contributed by atoms with E-state index in [9.17, 15) is 18.0 Å². The van der Waals surface area contributed by atoms with E-state index < -0.39 is 28.8 Å². The molecular weight excluding hydrogens is 265 g/mol. The first-order chi connectivity index (χ1) is 9.52. The Morgan fingerprint density at radius 2 is 1.70 bits per heavy atom. The van der Waals surface area contributed by atoms with Crippen LogP contribution in [0.15, 0.2) is 36.4 Å². The second-order valence-electron chi connectivity index (χ2n) is 4.52. The second kappa shape index (κ2) is 5.90. The van der Waals surface area contributed by atoms with Gasteiger partial charge in [0.1, 0.15) is 17.5 Å². The second-order valence-corrected chi connectivity index (χ2v) is 4.52. The van der Waals surface area contributed by atoms with Gasteiger partial charge in [0.2, 0.25) is 0 Å². The fraction of sp³-hybridized carbons (Fsp3) is 0.188. The number of aryl methyl sites for hydroxylation is 1. The van der Waals surface area contributed by atoms with E-state index in [-0.39, 0.29) is 5.56 Å². The van der Waals surface area contributed by atoms with E-state index >= 15 is 0 Å². The summed E-state index contributed by atoms with van der Waals surface area (Å²) in [5.74, 6) is -4.20. The summed E-state index contributed by atoms with van der Waals surface area (Å²) in [7, 11) is 0. The summed E-state index contributed by atoms with van der Waals surface area (Å²) in [6.07, 6.45) is 1.67. The van der Waals surface area contributed by atoms with Crippen LogP contribution in [0.1, 0.15) is 34.8 Å². The molecular formula is C16H13F3O. The normalized spacial score (nSPS) is 10.6. The Kier molecular flexibility index (Phi) is 4.23. The van der Waals surface area contributed by atoms with Gasteiger partial charge in [0, 0.05) is 17.7 Å². The molecule has 0 amide bonds. The van der Waals surface area contributed by atoms with Crippen LogP contribution in [0.2, 0.25) is 0 Å². The van der Waals surface area contributed by atoms with E-state index in [1.165, 1.54) is 6.07 Å². The summed E-state index contributed by atoms with van der Waals surface area (Å²) in [4.78, 5) is 12.2. The highest BCUT2D eigenvalue weighted by molar-refractivity contribution is 6.09. The van der Waals surface area contributed by atoms with Crippen LogP contribution < -0.4 is 0 Å². The molecule has 0 N–H and O–H groups in total. The zero-order valence-corrected chi connectivity index (χ0v) is 10.9. The van der Waals surface area contributed by atoms with Gasteiger partial charge in [-0.1, -0.05) is 31.5 Å². The highest BCUT2D eigenvalue weighted by Crippen LogP contribution is 2.19. The molecule has 0 unspecified atom stereocenters. The van der Waals surface area contributed by atoms with Crippen molar-refractivity contribution in [3.63, 3.8) is 0 Å². The number of carbonyl (C=O) groups is 1. The van der Waals surface area contributed by atoms with Crippen LogP contribution >= 0.6 is 0 Å². The highest BCUT2D eigenvalue weighted by Gasteiger charge is 2.20. The molecule has 2 aromatic rings. The molecule has 0 fully saturated rings. The molecule has 0 aliphatic heterocycles. The van der Waals surface area contributed by atoms with Crippen molar-refractivity contribution in [2.45, 2.75) is 19.8 Å². The molecule has 0 aromatic heterocycles. The van der Waals surface area contributed by atoms with Crippen molar-refractivity contribution in [3.05, 3.63) is 70.5 Å². The van der Waals surface area contributed by atoms with Gasteiger partial charge in [-0.2, -0.15) is 0 Å². The molecule has 0 spiro atoms. The van der Waals surface area contributed by atoms with Crippen LogP contribution in [-0.2, 0) is 6.42 Å². The van der Waals surface area contributed by atoms with Gasteiger partial charge in [0.15, 0.2) is 5.78 Å². The molecule has 0 aliphatic rings. The average Bonchev–Trinajstić information content (AvgIpc) is 2.38. The lowest BCUT2D eigenvalue weighted by Crippen LogP contribution is -2.08. The van der Waals surface area contributed by atoms with Gasteiger partial charge in [0.25, 0.3) is 0 Å². The lowest BCUT2D eigenvalue weighted by Gasteiger charge is -2.06. The summed E-state index contributed by atoms with van der Waals surface area (Å²) < 4.78 is 40.0. The van der Waals surface area contributed by atoms with E-state index in [2.05, 4.69) is 0 Å². The third kappa shape index (κ3) is 2.90. The first kappa shape index (κ1) is 14.3. The highest BCUT2D eigenvalue weighted by atomic mass is 19.1. The average molecular weight is 278 g/mol. The fourth-order valence-electron chi connectivity index (χ4n) is 2.06. The Hall–Kier alpha value is -2.10. The Morgan fingerprint density at radius 1 is 1.05 bits per heavy atom. The van der Waals surface area contributed by atoms with Crippen LogP contribution in [0.4, 0.5) is 13.2 Å². The lowest BCUT2D eigenvalue weighted by molar-refractivity contribution is 0.103. The molecule has 0 saturated carbocycles. The number of carbonyl (C=O) groups excluding carboxylic acids is 1. The zero-order valence-electron chi connectivity index (χ0n) is 10.9. The molecule has 0 heterocycles. The third-order valence-electron chi connectivity index (χ3n) is 2.96. The predicted octanol–water partition coefficient (Wildman–Crippen LogP) is 4.29. The van der Waals surface area contributed by atoms with E-state index in [0.717, 1.165) is 18.4 Å². The summed E-state index contributed by atoms with van der Waals surface area (Å²) in [6, 6.07) is 7.62. The van der Waals surface area contributed by atoms with E-state index in [0.29, 0.717) is 12.1 Å². The van der Waals surface area contributed by atoms with Crippen molar-refractivity contribution in [2.75, 3.05) is 0 Å². The van der Waals surface area contributed by atoms with Crippen molar-refractivity contribution in [1.29, 1.82) is 0 Å². The number of hydrogen-bond donors (Lipinski definition) is 0. The molecule has 0 atom stereocenters. The van der Waals surface area contributed by atoms with Crippen molar-refractivity contribution in [2.24, 2.45) is 0 Å². The molecule has 104 valence electrons. The minimum absolute atomic E-state index is 0.195. The minimum atomic E-state index is -1.19. The largest absolute Gasteiger partial charge is 0.288 e. The quantitative estimate of drug-likeness (QED) is 0.763. The minimum Gasteiger partial charge on any atom is -0.288 e. The first-order valence-electron chi connectivity index (χ1n) is 6.31. The van der Waals surface area contributed by atoms with Crippen molar-refractivity contribution >= 4 is 5.78 Å². The molecule has 0 radical (unpaired) electrons. The molecule has 1 nitrogen and oxygen atoms in total. The Balaban J connectivity index is 2.44. The Morgan fingerprint density at radius 3 is 2.30 bits per heavy atom. The maximum atomic E-state index is 13.6. The van der Waals surface area contributed by atoms with Crippen LogP contribution in [0, 0.1) is 17.5 Å². The van der Waals surface area contributed by atoms with E-state index in [1.807, 2.05) is 13.0 Å². The smallest absolute Gasteiger partial charge is 0.198 e. The summed E-state index contributed by atoms with van der Waals surface area (Å²) >= 11 is 0. The van der Waals surface area contributed by atoms with E-state index in [4.69, 9.17) is 0 Å². The predicted molar refractivity (Wildman–Crippen MR) is 70.2 cm³/mol. The number of ketones is 1. The molecule has 0 aliphatic carbocycles. The van der Waals surface area contributed by atoms with Crippen molar-refractivity contribution in [1.82, 2.24) is 0 Å². The maximum absolute atomic E-state index is 13.6. The molecule has 4 heteroatoms. The number of rotatable bonds is 4. The van der Waals surface area contributed by atoms with Gasteiger partial charge in [-0.15, -0.1) is 0 Å². The maximum Gasteiger partial charge on any atom is 0.198 e. The molecule has 0 saturated heterocycles. The number of benzene rings is 2. The van der Waals surface area contributed by atoms with Gasteiger partial charge in [0.05, 0.1) is 5.56 Å². The first-order valence-corrected chi connectivity index (χ1v) is 6.31. The van der Waals surface area contributed by atoms with Crippen LogP contribution in [0.3, 0.4) is 0 Å². The molecule has 2 aromatic carbocycles.